The SMILES string of the molecule is CC1=NOC(C)C1c1ccc2c(=O)cc(CO)n(-c3cc(N)c(F)cc3F)c2n1. The van der Waals surface area contributed by atoms with Crippen molar-refractivity contribution < 1.29 is 18.7 Å². The second-order valence-corrected chi connectivity index (χ2v) is 6.95. The number of aliphatic hydroxyl groups excluding tert-OH is 1. The van der Waals surface area contributed by atoms with Crippen LogP contribution in [0.1, 0.15) is 31.2 Å². The lowest BCUT2D eigenvalue weighted by Crippen LogP contribution is -2.20. The molecule has 0 bridgehead atoms. The van der Waals surface area contributed by atoms with Crippen molar-refractivity contribution in [1.29, 1.82) is 0 Å². The predicted molar refractivity (Wildman–Crippen MR) is 104 cm³/mol. The van der Waals surface area contributed by atoms with Gasteiger partial charge in [-0.3, -0.25) is 9.36 Å². The first-order valence-corrected chi connectivity index (χ1v) is 8.93. The van der Waals surface area contributed by atoms with Crippen LogP contribution >= 0.6 is 0 Å². The first-order valence-electron chi connectivity index (χ1n) is 8.93. The quantitative estimate of drug-likeness (QED) is 0.658. The zero-order chi connectivity index (χ0) is 20.9. The summed E-state index contributed by atoms with van der Waals surface area (Å²) in [6.07, 6.45) is -0.264. The minimum Gasteiger partial charge on any atom is -0.396 e. The van der Waals surface area contributed by atoms with E-state index in [9.17, 15) is 18.7 Å². The average Bonchev–Trinajstić information content (AvgIpc) is 3.03. The van der Waals surface area contributed by atoms with E-state index in [1.165, 1.54) is 10.6 Å². The van der Waals surface area contributed by atoms with E-state index in [2.05, 4.69) is 10.1 Å². The number of pyridine rings is 2. The molecule has 0 fully saturated rings. The van der Waals surface area contributed by atoms with Crippen molar-refractivity contribution in [3.05, 3.63) is 63.6 Å². The number of anilines is 1. The van der Waals surface area contributed by atoms with Crippen LogP contribution in [0.4, 0.5) is 14.5 Å². The average molecular weight is 400 g/mol. The highest BCUT2D eigenvalue weighted by Gasteiger charge is 2.31. The molecule has 0 spiro atoms. The van der Waals surface area contributed by atoms with Crippen LogP contribution in [0, 0.1) is 11.6 Å². The number of halogens is 2. The topological polar surface area (TPSA) is 103 Å². The second kappa shape index (κ2) is 6.93. The van der Waals surface area contributed by atoms with E-state index in [0.717, 1.165) is 6.07 Å². The van der Waals surface area contributed by atoms with Crippen LogP contribution in [-0.2, 0) is 11.4 Å². The number of nitrogens with zero attached hydrogens (tertiary/aromatic N) is 3. The molecule has 0 saturated heterocycles. The molecule has 2 unspecified atom stereocenters. The van der Waals surface area contributed by atoms with E-state index < -0.39 is 18.2 Å². The number of hydrogen-bond acceptors (Lipinski definition) is 6. The molecule has 0 aliphatic carbocycles. The molecule has 1 aliphatic heterocycles. The van der Waals surface area contributed by atoms with Crippen LogP contribution < -0.4 is 11.2 Å². The number of hydrogen-bond donors (Lipinski definition) is 2. The standard InChI is InChI=1S/C20H18F2N4O3/c1-9-19(10(2)29-25-9)16-4-3-12-18(28)5-11(8-27)26(20(12)24-16)17-7-15(23)13(21)6-14(17)22/h3-7,10,19,27H,8,23H2,1-2H3. The van der Waals surface area contributed by atoms with E-state index in [1.54, 1.807) is 19.1 Å². The van der Waals surface area contributed by atoms with Crippen molar-refractivity contribution in [3.8, 4) is 5.69 Å². The highest BCUT2D eigenvalue weighted by molar-refractivity contribution is 5.90. The zero-order valence-corrected chi connectivity index (χ0v) is 15.7. The summed E-state index contributed by atoms with van der Waals surface area (Å²) >= 11 is 0. The number of nitrogen functional groups attached to an aromatic ring is 1. The van der Waals surface area contributed by atoms with Crippen molar-refractivity contribution in [2.24, 2.45) is 5.16 Å². The lowest BCUT2D eigenvalue weighted by atomic mass is 9.95. The third-order valence-electron chi connectivity index (χ3n) is 5.03. The molecule has 0 radical (unpaired) electrons. The summed E-state index contributed by atoms with van der Waals surface area (Å²) < 4.78 is 29.6. The second-order valence-electron chi connectivity index (χ2n) is 6.95. The maximum Gasteiger partial charge on any atom is 0.191 e. The maximum absolute atomic E-state index is 14.6. The molecule has 150 valence electrons. The fraction of sp³-hybridized carbons (Fsp3) is 0.250. The lowest BCUT2D eigenvalue weighted by molar-refractivity contribution is 0.0899. The molecule has 29 heavy (non-hydrogen) atoms. The third kappa shape index (κ3) is 3.03. The number of aliphatic hydroxyl groups is 1. The Labute approximate surface area is 164 Å². The van der Waals surface area contributed by atoms with Gasteiger partial charge in [-0.25, -0.2) is 13.8 Å². The van der Waals surface area contributed by atoms with E-state index >= 15 is 0 Å². The highest BCUT2D eigenvalue weighted by atomic mass is 19.1. The Kier molecular flexibility index (Phi) is 4.54. The molecule has 3 N–H and O–H groups in total. The number of nitrogens with two attached hydrogens (primary N) is 1. The van der Waals surface area contributed by atoms with Gasteiger partial charge in [0.15, 0.2) is 5.43 Å². The van der Waals surface area contributed by atoms with Crippen LogP contribution in [-0.4, -0.2) is 26.5 Å². The van der Waals surface area contributed by atoms with Gasteiger partial charge >= 0.3 is 0 Å². The summed E-state index contributed by atoms with van der Waals surface area (Å²) in [7, 11) is 0. The minimum absolute atomic E-state index is 0.0955. The maximum atomic E-state index is 14.6. The fourth-order valence-corrected chi connectivity index (χ4v) is 3.62. The Morgan fingerprint density at radius 1 is 1.24 bits per heavy atom. The first-order chi connectivity index (χ1) is 13.8. The van der Waals surface area contributed by atoms with Crippen molar-refractivity contribution in [2.75, 3.05) is 5.73 Å². The number of aromatic nitrogens is 2. The molecule has 4 rings (SSSR count). The van der Waals surface area contributed by atoms with Crippen LogP contribution in [0.5, 0.6) is 0 Å². The summed E-state index contributed by atoms with van der Waals surface area (Å²) in [5, 5.41) is 14.0. The number of rotatable bonds is 3. The van der Waals surface area contributed by atoms with Gasteiger partial charge in [-0.15, -0.1) is 0 Å². The highest BCUT2D eigenvalue weighted by Crippen LogP contribution is 2.30. The molecule has 2 atom stereocenters. The van der Waals surface area contributed by atoms with Gasteiger partial charge in [-0.2, -0.15) is 0 Å². The minimum atomic E-state index is -0.904. The van der Waals surface area contributed by atoms with Gasteiger partial charge in [-0.05, 0) is 32.0 Å². The van der Waals surface area contributed by atoms with Crippen LogP contribution in [0.15, 0.2) is 40.3 Å². The van der Waals surface area contributed by atoms with Gasteiger partial charge in [-0.1, -0.05) is 5.16 Å². The van der Waals surface area contributed by atoms with Crippen LogP contribution in [0.2, 0.25) is 0 Å². The molecule has 7 nitrogen and oxygen atoms in total. The van der Waals surface area contributed by atoms with Gasteiger partial charge in [0.05, 0.1) is 46.4 Å². The van der Waals surface area contributed by atoms with Crippen molar-refractivity contribution in [3.63, 3.8) is 0 Å². The number of oxime groups is 1. The summed E-state index contributed by atoms with van der Waals surface area (Å²) in [6.45, 7) is 3.09. The monoisotopic (exact) mass is 400 g/mol. The predicted octanol–water partition coefficient (Wildman–Crippen LogP) is 2.62. The molecular weight excluding hydrogens is 382 g/mol. The van der Waals surface area contributed by atoms with Gasteiger partial charge in [0.25, 0.3) is 0 Å². The summed E-state index contributed by atoms with van der Waals surface area (Å²) in [5.74, 6) is -2.05. The molecule has 0 amide bonds. The van der Waals surface area contributed by atoms with E-state index in [0.29, 0.717) is 17.5 Å². The van der Waals surface area contributed by atoms with Gasteiger partial charge < -0.3 is 15.7 Å². The zero-order valence-electron chi connectivity index (χ0n) is 15.7. The van der Waals surface area contributed by atoms with Crippen molar-refractivity contribution >= 4 is 22.4 Å². The summed E-state index contributed by atoms with van der Waals surface area (Å²) in [4.78, 5) is 22.4. The van der Waals surface area contributed by atoms with Crippen molar-refractivity contribution in [1.82, 2.24) is 9.55 Å². The third-order valence-corrected chi connectivity index (χ3v) is 5.03. The summed E-state index contributed by atoms with van der Waals surface area (Å²) in [6, 6.07) is 6.23. The normalized spacial score (nSPS) is 18.7. The largest absolute Gasteiger partial charge is 0.396 e. The van der Waals surface area contributed by atoms with E-state index in [1.807, 2.05) is 6.92 Å². The fourth-order valence-electron chi connectivity index (χ4n) is 3.62. The molecule has 1 aromatic carbocycles. The summed E-state index contributed by atoms with van der Waals surface area (Å²) in [5.41, 5.74) is 6.36. The van der Waals surface area contributed by atoms with Crippen LogP contribution in [0.3, 0.4) is 0 Å². The Morgan fingerprint density at radius 3 is 2.66 bits per heavy atom. The molecule has 1 aliphatic rings. The van der Waals surface area contributed by atoms with Gasteiger partial charge in [0.1, 0.15) is 23.4 Å². The Balaban J connectivity index is 2.06. The van der Waals surface area contributed by atoms with E-state index in [-0.39, 0.29) is 45.6 Å². The lowest BCUT2D eigenvalue weighted by Gasteiger charge is -2.19. The van der Waals surface area contributed by atoms with Gasteiger partial charge in [0.2, 0.25) is 0 Å². The number of benzene rings is 1. The Morgan fingerprint density at radius 2 is 2.00 bits per heavy atom. The van der Waals surface area contributed by atoms with Crippen molar-refractivity contribution in [2.45, 2.75) is 32.5 Å². The number of fused-ring (bicyclic) bond motifs is 1. The molecular formula is C20H18F2N4O3. The van der Waals surface area contributed by atoms with Gasteiger partial charge in [0, 0.05) is 12.1 Å². The molecule has 9 heteroatoms. The molecule has 0 saturated carbocycles. The first kappa shape index (κ1) is 19.0. The smallest absolute Gasteiger partial charge is 0.191 e. The Hall–Kier alpha value is -3.33. The van der Waals surface area contributed by atoms with E-state index in [4.69, 9.17) is 10.6 Å². The van der Waals surface area contributed by atoms with Crippen LogP contribution in [0.25, 0.3) is 16.7 Å². The molecule has 2 aromatic heterocycles. The molecule has 3 heterocycles. The Bertz CT molecular complexity index is 1220. The molecule has 3 aromatic rings.